The number of aliphatic imine (C=N–C) groups is 1. The standard InChI is InChI=1S/C16H33N3O4S.HI/c1-5-17-15(19-9-12-24(20,21)16(2,3)4)18-8-6-10-23-14-7-11-22-13-14;/h14H,5-13H2,1-4H3,(H2,17,18,19);1H. The quantitative estimate of drug-likeness (QED) is 0.220. The van der Waals surface area contributed by atoms with E-state index in [-0.39, 0.29) is 35.8 Å². The normalized spacial score (nSPS) is 18.7. The topological polar surface area (TPSA) is 89.0 Å². The Morgan fingerprint density at radius 3 is 2.60 bits per heavy atom. The Balaban J connectivity index is 0.00000576. The highest BCUT2D eigenvalue weighted by Crippen LogP contribution is 2.15. The zero-order valence-electron chi connectivity index (χ0n) is 15.8. The third-order valence-electron chi connectivity index (χ3n) is 3.75. The molecule has 1 heterocycles. The average Bonchev–Trinajstić information content (AvgIpc) is 2.98. The summed E-state index contributed by atoms with van der Waals surface area (Å²) in [6.07, 6.45) is 2.02. The molecule has 0 aromatic rings. The summed E-state index contributed by atoms with van der Waals surface area (Å²) in [6.45, 7) is 11.0. The van der Waals surface area contributed by atoms with E-state index < -0.39 is 14.6 Å². The van der Waals surface area contributed by atoms with Crippen LogP contribution in [0.25, 0.3) is 0 Å². The van der Waals surface area contributed by atoms with E-state index >= 15 is 0 Å². The number of rotatable bonds is 9. The van der Waals surface area contributed by atoms with Crippen molar-refractivity contribution in [2.75, 3.05) is 45.2 Å². The van der Waals surface area contributed by atoms with E-state index in [1.54, 1.807) is 20.8 Å². The smallest absolute Gasteiger partial charge is 0.191 e. The van der Waals surface area contributed by atoms with E-state index in [4.69, 9.17) is 9.47 Å². The second-order valence-corrected chi connectivity index (χ2v) is 9.69. The van der Waals surface area contributed by atoms with Gasteiger partial charge in [0.1, 0.15) is 0 Å². The number of sulfone groups is 1. The Morgan fingerprint density at radius 1 is 1.32 bits per heavy atom. The molecular formula is C16H34IN3O4S. The lowest BCUT2D eigenvalue weighted by atomic mass is 10.3. The third kappa shape index (κ3) is 9.95. The summed E-state index contributed by atoms with van der Waals surface area (Å²) in [7, 11) is -3.12. The van der Waals surface area contributed by atoms with Gasteiger partial charge in [0.25, 0.3) is 0 Å². The van der Waals surface area contributed by atoms with Crippen molar-refractivity contribution in [3.63, 3.8) is 0 Å². The monoisotopic (exact) mass is 491 g/mol. The summed E-state index contributed by atoms with van der Waals surface area (Å²) in [5.41, 5.74) is 0. The molecule has 0 aromatic carbocycles. The minimum Gasteiger partial charge on any atom is -0.379 e. The van der Waals surface area contributed by atoms with E-state index in [1.165, 1.54) is 0 Å². The van der Waals surface area contributed by atoms with Gasteiger partial charge in [0.2, 0.25) is 0 Å². The largest absolute Gasteiger partial charge is 0.379 e. The number of hydrogen-bond donors (Lipinski definition) is 2. The van der Waals surface area contributed by atoms with Crippen LogP contribution in [0.2, 0.25) is 0 Å². The second-order valence-electron chi connectivity index (χ2n) is 6.83. The molecule has 1 saturated heterocycles. The first-order chi connectivity index (χ1) is 11.3. The first kappa shape index (κ1) is 24.9. The van der Waals surface area contributed by atoms with Crippen molar-refractivity contribution < 1.29 is 17.9 Å². The fraction of sp³-hybridized carbons (Fsp3) is 0.938. The number of nitrogens with zero attached hydrogens (tertiary/aromatic N) is 1. The van der Waals surface area contributed by atoms with Gasteiger partial charge in [-0.2, -0.15) is 0 Å². The summed E-state index contributed by atoms with van der Waals surface area (Å²) in [5, 5.41) is 6.20. The summed E-state index contributed by atoms with van der Waals surface area (Å²) in [4.78, 5) is 4.45. The van der Waals surface area contributed by atoms with Gasteiger partial charge in [-0.25, -0.2) is 8.42 Å². The molecule has 0 saturated carbocycles. The van der Waals surface area contributed by atoms with Gasteiger partial charge in [-0.15, -0.1) is 24.0 Å². The fourth-order valence-electron chi connectivity index (χ4n) is 2.10. The van der Waals surface area contributed by atoms with Gasteiger partial charge in [0.15, 0.2) is 15.8 Å². The molecule has 1 aliphatic rings. The van der Waals surface area contributed by atoms with Gasteiger partial charge in [-0.3, -0.25) is 4.99 Å². The molecule has 0 spiro atoms. The van der Waals surface area contributed by atoms with E-state index in [2.05, 4.69) is 15.6 Å². The molecule has 0 radical (unpaired) electrons. The van der Waals surface area contributed by atoms with E-state index in [0.29, 0.717) is 32.3 Å². The molecule has 0 bridgehead atoms. The van der Waals surface area contributed by atoms with E-state index in [1.807, 2.05) is 6.92 Å². The summed E-state index contributed by atoms with van der Waals surface area (Å²) in [6, 6.07) is 0. The highest BCUT2D eigenvalue weighted by atomic mass is 127. The molecule has 0 aromatic heterocycles. The molecule has 7 nitrogen and oxygen atoms in total. The molecule has 1 aliphatic heterocycles. The van der Waals surface area contributed by atoms with Crippen molar-refractivity contribution in [2.45, 2.75) is 51.4 Å². The third-order valence-corrected chi connectivity index (χ3v) is 6.36. The van der Waals surface area contributed by atoms with Gasteiger partial charge in [0.05, 0.1) is 23.2 Å². The molecule has 1 fully saturated rings. The van der Waals surface area contributed by atoms with Crippen LogP contribution in [0.1, 0.15) is 40.5 Å². The Bertz CT molecular complexity index is 486. The van der Waals surface area contributed by atoms with Gasteiger partial charge in [0, 0.05) is 32.8 Å². The molecule has 2 N–H and O–H groups in total. The molecule has 25 heavy (non-hydrogen) atoms. The maximum absolute atomic E-state index is 12.1. The van der Waals surface area contributed by atoms with Crippen molar-refractivity contribution in [3.8, 4) is 0 Å². The lowest BCUT2D eigenvalue weighted by molar-refractivity contribution is 0.0424. The molecule has 0 amide bonds. The minimum atomic E-state index is -3.12. The van der Waals surface area contributed by atoms with Crippen molar-refractivity contribution in [2.24, 2.45) is 4.99 Å². The number of nitrogens with one attached hydrogen (secondary N) is 2. The number of ether oxygens (including phenoxy) is 2. The Morgan fingerprint density at radius 2 is 2.04 bits per heavy atom. The van der Waals surface area contributed by atoms with Crippen LogP contribution < -0.4 is 10.6 Å². The highest BCUT2D eigenvalue weighted by Gasteiger charge is 2.28. The minimum absolute atomic E-state index is 0. The maximum Gasteiger partial charge on any atom is 0.191 e. The predicted molar refractivity (Wildman–Crippen MR) is 113 cm³/mol. The van der Waals surface area contributed by atoms with Crippen molar-refractivity contribution in [1.82, 2.24) is 10.6 Å². The number of halogens is 1. The Hall–Kier alpha value is -0.130. The van der Waals surface area contributed by atoms with Gasteiger partial charge in [-0.1, -0.05) is 0 Å². The Labute approximate surface area is 169 Å². The van der Waals surface area contributed by atoms with Crippen LogP contribution in [0.5, 0.6) is 0 Å². The maximum atomic E-state index is 12.1. The van der Waals surface area contributed by atoms with Gasteiger partial charge >= 0.3 is 0 Å². The summed E-state index contributed by atoms with van der Waals surface area (Å²) < 4.78 is 34.4. The molecule has 150 valence electrons. The molecular weight excluding hydrogens is 457 g/mol. The molecule has 1 rings (SSSR count). The van der Waals surface area contributed by atoms with Crippen LogP contribution in [-0.4, -0.2) is 70.4 Å². The molecule has 1 atom stereocenters. The van der Waals surface area contributed by atoms with Crippen LogP contribution in [0, 0.1) is 0 Å². The summed E-state index contributed by atoms with van der Waals surface area (Å²) in [5.74, 6) is 0.733. The van der Waals surface area contributed by atoms with Crippen LogP contribution in [-0.2, 0) is 19.3 Å². The first-order valence-electron chi connectivity index (χ1n) is 8.70. The van der Waals surface area contributed by atoms with Crippen LogP contribution in [0.3, 0.4) is 0 Å². The van der Waals surface area contributed by atoms with Crippen LogP contribution >= 0.6 is 24.0 Å². The zero-order chi connectivity index (χ0) is 18.1. The van der Waals surface area contributed by atoms with Crippen molar-refractivity contribution >= 4 is 39.8 Å². The van der Waals surface area contributed by atoms with E-state index in [9.17, 15) is 8.42 Å². The van der Waals surface area contributed by atoms with Crippen LogP contribution in [0.4, 0.5) is 0 Å². The number of hydrogen-bond acceptors (Lipinski definition) is 5. The fourth-order valence-corrected chi connectivity index (χ4v) is 3.08. The predicted octanol–water partition coefficient (Wildman–Crippen LogP) is 1.57. The number of guanidine groups is 1. The highest BCUT2D eigenvalue weighted by molar-refractivity contribution is 14.0. The average molecular weight is 491 g/mol. The second kappa shape index (κ2) is 12.3. The Kier molecular flexibility index (Phi) is 12.2. The van der Waals surface area contributed by atoms with Crippen molar-refractivity contribution in [3.05, 3.63) is 0 Å². The zero-order valence-corrected chi connectivity index (χ0v) is 19.0. The molecule has 1 unspecified atom stereocenters. The van der Waals surface area contributed by atoms with Crippen molar-refractivity contribution in [1.29, 1.82) is 0 Å². The van der Waals surface area contributed by atoms with Gasteiger partial charge in [-0.05, 0) is 40.5 Å². The lowest BCUT2D eigenvalue weighted by Crippen LogP contribution is -2.42. The molecule has 9 heteroatoms. The molecule has 0 aliphatic carbocycles. The van der Waals surface area contributed by atoms with Gasteiger partial charge < -0.3 is 20.1 Å². The van der Waals surface area contributed by atoms with Crippen LogP contribution in [0.15, 0.2) is 4.99 Å². The summed E-state index contributed by atoms with van der Waals surface area (Å²) >= 11 is 0. The lowest BCUT2D eigenvalue weighted by Gasteiger charge is -2.19. The van der Waals surface area contributed by atoms with E-state index in [0.717, 1.165) is 26.0 Å². The first-order valence-corrected chi connectivity index (χ1v) is 10.4. The SMILES string of the molecule is CCNC(=NCCCOC1CCOC1)NCCS(=O)(=O)C(C)(C)C.I.